The van der Waals surface area contributed by atoms with Crippen molar-refractivity contribution in [2.24, 2.45) is 5.92 Å². The third-order valence-corrected chi connectivity index (χ3v) is 8.93. The summed E-state index contributed by atoms with van der Waals surface area (Å²) in [5, 5.41) is 7.06. The molecule has 3 aromatic rings. The summed E-state index contributed by atoms with van der Waals surface area (Å²) >= 11 is 12.4. The number of carbonyl (C=O) groups excluding carboxylic acids is 2. The van der Waals surface area contributed by atoms with Gasteiger partial charge in [0.25, 0.3) is 5.91 Å². The van der Waals surface area contributed by atoms with E-state index in [4.69, 9.17) is 32.7 Å². The summed E-state index contributed by atoms with van der Waals surface area (Å²) in [6.45, 7) is 7.95. The van der Waals surface area contributed by atoms with Crippen molar-refractivity contribution in [2.75, 3.05) is 26.3 Å². The summed E-state index contributed by atoms with van der Waals surface area (Å²) in [4.78, 5) is 29.1. The number of aryl methyl sites for hydroxylation is 2. The lowest BCUT2D eigenvalue weighted by Crippen LogP contribution is -2.55. The second-order valence-electron chi connectivity index (χ2n) is 11.6. The van der Waals surface area contributed by atoms with Crippen molar-refractivity contribution in [3.63, 3.8) is 0 Å². The highest BCUT2D eigenvalue weighted by Crippen LogP contribution is 2.34. The topological polar surface area (TPSA) is 79.9 Å². The van der Waals surface area contributed by atoms with E-state index in [9.17, 15) is 9.59 Å². The summed E-state index contributed by atoms with van der Waals surface area (Å²) in [6.07, 6.45) is 2.53. The van der Waals surface area contributed by atoms with Gasteiger partial charge in [0.15, 0.2) is 5.75 Å². The van der Waals surface area contributed by atoms with Gasteiger partial charge in [0, 0.05) is 31.2 Å². The van der Waals surface area contributed by atoms with E-state index >= 15 is 4.39 Å². The lowest BCUT2D eigenvalue weighted by molar-refractivity contribution is -0.138. The molecule has 7 nitrogen and oxygen atoms in total. The number of hydrogen-bond donors (Lipinski definition) is 2. The number of benzene rings is 3. The van der Waals surface area contributed by atoms with Gasteiger partial charge in [-0.25, -0.2) is 4.39 Å². The predicted molar refractivity (Wildman–Crippen MR) is 178 cm³/mol. The lowest BCUT2D eigenvalue weighted by atomic mass is 9.91. The van der Waals surface area contributed by atoms with E-state index in [1.54, 1.807) is 12.1 Å². The van der Waals surface area contributed by atoms with Crippen LogP contribution in [0.5, 0.6) is 11.5 Å². The van der Waals surface area contributed by atoms with Crippen molar-refractivity contribution in [3.8, 4) is 11.5 Å². The first-order valence-electron chi connectivity index (χ1n) is 15.0. The van der Waals surface area contributed by atoms with Crippen LogP contribution in [0.2, 0.25) is 10.0 Å². The molecule has 1 aliphatic heterocycles. The fourth-order valence-electron chi connectivity index (χ4n) is 5.59. The molecule has 2 atom stereocenters. The minimum absolute atomic E-state index is 0. The molecule has 2 fully saturated rings. The Hall–Kier alpha value is -3.04. The van der Waals surface area contributed by atoms with Crippen LogP contribution in [0.4, 0.5) is 4.39 Å². The Balaban J connectivity index is 0.00000461. The maximum absolute atomic E-state index is 15.1. The Morgan fingerprint density at radius 1 is 1.00 bits per heavy atom. The number of rotatable bonds is 11. The molecule has 45 heavy (non-hydrogen) atoms. The van der Waals surface area contributed by atoms with Crippen LogP contribution >= 0.6 is 35.6 Å². The largest absolute Gasteiger partial charge is 0.490 e. The van der Waals surface area contributed by atoms with Gasteiger partial charge in [-0.1, -0.05) is 41.4 Å². The van der Waals surface area contributed by atoms with Crippen molar-refractivity contribution in [1.29, 1.82) is 0 Å². The molecule has 1 saturated heterocycles. The van der Waals surface area contributed by atoms with Crippen molar-refractivity contribution in [1.82, 2.24) is 15.5 Å². The van der Waals surface area contributed by atoms with Gasteiger partial charge in [-0.2, -0.15) is 0 Å². The number of carbonyl (C=O) groups is 2. The maximum atomic E-state index is 15.1. The fourth-order valence-corrected chi connectivity index (χ4v) is 6.29. The van der Waals surface area contributed by atoms with E-state index in [2.05, 4.69) is 36.6 Å². The van der Waals surface area contributed by atoms with E-state index in [0.717, 1.165) is 24.0 Å². The Labute approximate surface area is 280 Å². The van der Waals surface area contributed by atoms with Gasteiger partial charge in [0.2, 0.25) is 5.91 Å². The number of halogens is 4. The Morgan fingerprint density at radius 2 is 1.71 bits per heavy atom. The van der Waals surface area contributed by atoms with Gasteiger partial charge < -0.3 is 25.0 Å². The predicted octanol–water partition coefficient (Wildman–Crippen LogP) is 6.84. The first-order chi connectivity index (χ1) is 21.1. The quantitative estimate of drug-likeness (QED) is 0.217. The molecule has 0 aromatic heterocycles. The molecule has 2 aliphatic rings. The van der Waals surface area contributed by atoms with E-state index in [1.165, 1.54) is 29.3 Å². The molecule has 1 saturated carbocycles. The zero-order valence-corrected chi connectivity index (χ0v) is 28.0. The number of piperidine rings is 1. The molecule has 0 spiro atoms. The number of hydrogen-bond acceptors (Lipinski definition) is 5. The first kappa shape index (κ1) is 34.8. The van der Waals surface area contributed by atoms with Crippen molar-refractivity contribution in [3.05, 3.63) is 92.2 Å². The second-order valence-corrected chi connectivity index (χ2v) is 12.4. The first-order valence-corrected chi connectivity index (χ1v) is 15.8. The van der Waals surface area contributed by atoms with E-state index < -0.39 is 23.7 Å². The van der Waals surface area contributed by atoms with Crippen LogP contribution in [0.25, 0.3) is 0 Å². The van der Waals surface area contributed by atoms with Crippen molar-refractivity contribution < 1.29 is 23.5 Å². The normalized spacial score (nSPS) is 17.6. The third-order valence-electron chi connectivity index (χ3n) is 8.37. The zero-order chi connectivity index (χ0) is 31.4. The van der Waals surface area contributed by atoms with Gasteiger partial charge >= 0.3 is 0 Å². The average molecular weight is 679 g/mol. The standard InChI is InChI=1S/C34H38Cl2FN3O4.ClH/c1-20-15-28(35)32(29(36)16-20)44-14-13-43-25-9-10-26(30(37)17-25)33(41)39-31-11-12-38-18-27(31)34(42)40(24-7-8-24)19-23-6-4-5-21(2)22(23)3;/h4-6,9-10,15-17,24,27,31,38H,7-8,11-14,18-19H2,1-3H3,(H,39,41);1H. The summed E-state index contributed by atoms with van der Waals surface area (Å²) < 4.78 is 26.4. The van der Waals surface area contributed by atoms with Crippen LogP contribution in [0.1, 0.15) is 51.9 Å². The fraction of sp³-hybridized carbons (Fsp3) is 0.412. The van der Waals surface area contributed by atoms with Crippen LogP contribution in [0, 0.1) is 32.5 Å². The monoisotopic (exact) mass is 677 g/mol. The van der Waals surface area contributed by atoms with Crippen LogP contribution in [-0.2, 0) is 11.3 Å². The summed E-state index contributed by atoms with van der Waals surface area (Å²) in [6, 6.07) is 13.6. The smallest absolute Gasteiger partial charge is 0.254 e. The molecule has 242 valence electrons. The molecule has 0 bridgehead atoms. The lowest BCUT2D eigenvalue weighted by Gasteiger charge is -2.36. The molecule has 3 aromatic carbocycles. The Morgan fingerprint density at radius 3 is 2.40 bits per heavy atom. The number of nitrogens with one attached hydrogen (secondary N) is 2. The highest BCUT2D eigenvalue weighted by molar-refractivity contribution is 6.37. The van der Waals surface area contributed by atoms with Gasteiger partial charge in [-0.15, -0.1) is 12.4 Å². The molecule has 1 aliphatic carbocycles. The SMILES string of the molecule is Cc1cc(Cl)c(OCCOc2ccc(C(=O)NC3CCNCC3C(=O)N(Cc3cccc(C)c3C)C3CC3)c(F)c2)c(Cl)c1.Cl. The van der Waals surface area contributed by atoms with Crippen molar-refractivity contribution >= 4 is 47.4 Å². The highest BCUT2D eigenvalue weighted by Gasteiger charge is 2.40. The molecule has 1 heterocycles. The number of ether oxygens (including phenoxy) is 2. The van der Waals surface area contributed by atoms with Crippen LogP contribution in [0.15, 0.2) is 48.5 Å². The van der Waals surface area contributed by atoms with Gasteiger partial charge in [0.05, 0.1) is 21.5 Å². The Bertz CT molecular complexity index is 1510. The van der Waals surface area contributed by atoms with E-state index in [0.29, 0.717) is 41.8 Å². The Kier molecular flexibility index (Phi) is 12.0. The molecule has 2 N–H and O–H groups in total. The maximum Gasteiger partial charge on any atom is 0.254 e. The third kappa shape index (κ3) is 8.61. The van der Waals surface area contributed by atoms with E-state index in [-0.39, 0.29) is 48.9 Å². The molecular weight excluding hydrogens is 640 g/mol. The van der Waals surface area contributed by atoms with Gasteiger partial charge in [-0.05, 0) is 93.1 Å². The molecular formula is C34H39Cl3FN3O4. The second kappa shape index (κ2) is 15.5. The summed E-state index contributed by atoms with van der Waals surface area (Å²) in [5.41, 5.74) is 4.32. The summed E-state index contributed by atoms with van der Waals surface area (Å²) in [5.74, 6) is -1.08. The van der Waals surface area contributed by atoms with Crippen molar-refractivity contribution in [2.45, 2.75) is 58.7 Å². The van der Waals surface area contributed by atoms with Crippen LogP contribution in [0.3, 0.4) is 0 Å². The van der Waals surface area contributed by atoms with E-state index in [1.807, 2.05) is 17.9 Å². The zero-order valence-electron chi connectivity index (χ0n) is 25.6. The summed E-state index contributed by atoms with van der Waals surface area (Å²) in [7, 11) is 0. The number of nitrogens with zero attached hydrogens (tertiary/aromatic N) is 1. The van der Waals surface area contributed by atoms with Gasteiger partial charge in [0.1, 0.15) is 24.8 Å². The molecule has 2 unspecified atom stereocenters. The van der Waals surface area contributed by atoms with Gasteiger partial charge in [-0.3, -0.25) is 9.59 Å². The average Bonchev–Trinajstić information content (AvgIpc) is 3.82. The van der Waals surface area contributed by atoms with Crippen LogP contribution < -0.4 is 20.1 Å². The minimum Gasteiger partial charge on any atom is -0.490 e. The highest BCUT2D eigenvalue weighted by atomic mass is 35.5. The van der Waals surface area contributed by atoms with Crippen LogP contribution in [-0.4, -0.2) is 55.1 Å². The number of amides is 2. The molecule has 5 rings (SSSR count). The molecule has 11 heteroatoms. The molecule has 2 amide bonds. The molecule has 0 radical (unpaired) electrons. The minimum atomic E-state index is -0.711.